The number of benzene rings is 1. The second-order valence-electron chi connectivity index (χ2n) is 4.98. The number of thioether (sulfide) groups is 1. The Morgan fingerprint density at radius 1 is 1.45 bits per heavy atom. The third kappa shape index (κ3) is 2.31. The van der Waals surface area contributed by atoms with Crippen LogP contribution < -0.4 is 11.3 Å². The Morgan fingerprint density at radius 2 is 2.15 bits per heavy atom. The fourth-order valence-electron chi connectivity index (χ4n) is 2.08. The van der Waals surface area contributed by atoms with E-state index in [9.17, 15) is 9.59 Å². The van der Waals surface area contributed by atoms with Gasteiger partial charge in [-0.3, -0.25) is 14.2 Å². The summed E-state index contributed by atoms with van der Waals surface area (Å²) in [6, 6.07) is 7.49. The number of carbonyl (C=O) groups excluding carboxylic acids is 1. The van der Waals surface area contributed by atoms with Crippen molar-refractivity contribution < 1.29 is 4.79 Å². The molecule has 0 aliphatic heterocycles. The summed E-state index contributed by atoms with van der Waals surface area (Å²) in [5, 5.41) is 0.797. The summed E-state index contributed by atoms with van der Waals surface area (Å²) in [5.74, 6) is -0.403. The summed E-state index contributed by atoms with van der Waals surface area (Å²) in [6.45, 7) is 1.73. The standard InChI is InChI=1S/C14H15N3O2S/c1-8(12(15)18)20-14-16-11-5-3-2-4-10(11)13(19)17(14)9-6-7-9/h2-5,8-9H,6-7H2,1H3,(H2,15,18). The van der Waals surface area contributed by atoms with Crippen molar-refractivity contribution in [2.45, 2.75) is 36.2 Å². The first-order valence-electron chi connectivity index (χ1n) is 6.55. The van der Waals surface area contributed by atoms with Crippen LogP contribution in [-0.2, 0) is 4.79 Å². The number of nitrogens with two attached hydrogens (primary N) is 1. The molecule has 1 aromatic carbocycles. The monoisotopic (exact) mass is 289 g/mol. The molecule has 1 aliphatic rings. The van der Waals surface area contributed by atoms with Crippen LogP contribution >= 0.6 is 11.8 Å². The number of hydrogen-bond acceptors (Lipinski definition) is 4. The second kappa shape index (κ2) is 4.94. The summed E-state index contributed by atoms with van der Waals surface area (Å²) >= 11 is 1.25. The predicted molar refractivity (Wildman–Crippen MR) is 78.8 cm³/mol. The number of amides is 1. The molecule has 104 valence electrons. The minimum atomic E-state index is -0.409. The predicted octanol–water partition coefficient (Wildman–Crippen LogP) is 1.70. The van der Waals surface area contributed by atoms with Crippen molar-refractivity contribution in [2.24, 2.45) is 5.73 Å². The largest absolute Gasteiger partial charge is 0.369 e. The molecule has 3 rings (SSSR count). The van der Waals surface area contributed by atoms with E-state index >= 15 is 0 Å². The molecule has 0 spiro atoms. The van der Waals surface area contributed by atoms with E-state index in [-0.39, 0.29) is 11.6 Å². The van der Waals surface area contributed by atoms with Gasteiger partial charge in [0.25, 0.3) is 5.56 Å². The molecule has 0 bridgehead atoms. The van der Waals surface area contributed by atoms with Crippen molar-refractivity contribution in [2.75, 3.05) is 0 Å². The number of nitrogens with zero attached hydrogens (tertiary/aromatic N) is 2. The molecule has 6 heteroatoms. The molecule has 1 aromatic heterocycles. The smallest absolute Gasteiger partial charge is 0.262 e. The number of aromatic nitrogens is 2. The van der Waals surface area contributed by atoms with Crippen LogP contribution in [0.3, 0.4) is 0 Å². The maximum Gasteiger partial charge on any atom is 0.262 e. The van der Waals surface area contributed by atoms with Gasteiger partial charge in [-0.2, -0.15) is 0 Å². The lowest BCUT2D eigenvalue weighted by Crippen LogP contribution is -2.26. The lowest BCUT2D eigenvalue weighted by Gasteiger charge is -2.14. The van der Waals surface area contributed by atoms with E-state index in [1.165, 1.54) is 11.8 Å². The first-order valence-corrected chi connectivity index (χ1v) is 7.43. The molecule has 2 aromatic rings. The van der Waals surface area contributed by atoms with Gasteiger partial charge in [0.15, 0.2) is 5.16 Å². The number of hydrogen-bond donors (Lipinski definition) is 1. The molecular formula is C14H15N3O2S. The van der Waals surface area contributed by atoms with Gasteiger partial charge in [-0.15, -0.1) is 0 Å². The van der Waals surface area contributed by atoms with E-state index in [2.05, 4.69) is 4.98 Å². The van der Waals surface area contributed by atoms with Gasteiger partial charge in [-0.25, -0.2) is 4.98 Å². The van der Waals surface area contributed by atoms with E-state index < -0.39 is 11.2 Å². The first-order chi connectivity index (χ1) is 9.58. The zero-order chi connectivity index (χ0) is 14.3. The highest BCUT2D eigenvalue weighted by molar-refractivity contribution is 8.00. The molecule has 0 saturated heterocycles. The van der Waals surface area contributed by atoms with Crippen molar-refractivity contribution in [1.82, 2.24) is 9.55 Å². The van der Waals surface area contributed by atoms with Gasteiger partial charge in [0.05, 0.1) is 16.2 Å². The zero-order valence-corrected chi connectivity index (χ0v) is 11.9. The van der Waals surface area contributed by atoms with Gasteiger partial charge in [0, 0.05) is 6.04 Å². The molecule has 5 nitrogen and oxygen atoms in total. The van der Waals surface area contributed by atoms with Crippen molar-refractivity contribution in [3.63, 3.8) is 0 Å². The minimum absolute atomic E-state index is 0.0303. The van der Waals surface area contributed by atoms with Crippen LogP contribution in [0.2, 0.25) is 0 Å². The van der Waals surface area contributed by atoms with Crippen molar-refractivity contribution in [3.8, 4) is 0 Å². The lowest BCUT2D eigenvalue weighted by molar-refractivity contribution is -0.117. The van der Waals surface area contributed by atoms with E-state index in [0.717, 1.165) is 12.8 Å². The summed E-state index contributed by atoms with van der Waals surface area (Å²) in [5.41, 5.74) is 5.93. The van der Waals surface area contributed by atoms with Crippen LogP contribution in [0, 0.1) is 0 Å². The van der Waals surface area contributed by atoms with Crippen molar-refractivity contribution in [3.05, 3.63) is 34.6 Å². The van der Waals surface area contributed by atoms with Crippen molar-refractivity contribution in [1.29, 1.82) is 0 Å². The Bertz CT molecular complexity index is 737. The molecule has 1 unspecified atom stereocenters. The molecular weight excluding hydrogens is 274 g/mol. The summed E-state index contributed by atoms with van der Waals surface area (Å²) < 4.78 is 1.71. The summed E-state index contributed by atoms with van der Waals surface area (Å²) in [4.78, 5) is 28.3. The van der Waals surface area contributed by atoms with Gasteiger partial charge in [-0.1, -0.05) is 23.9 Å². The molecule has 1 amide bonds. The van der Waals surface area contributed by atoms with Crippen molar-refractivity contribution >= 4 is 28.6 Å². The first kappa shape index (κ1) is 13.2. The second-order valence-corrected chi connectivity index (χ2v) is 6.29. The summed E-state index contributed by atoms with van der Waals surface area (Å²) in [6.07, 6.45) is 1.97. The number of primary amides is 1. The van der Waals surface area contributed by atoms with Gasteiger partial charge < -0.3 is 5.73 Å². The topological polar surface area (TPSA) is 78.0 Å². The SMILES string of the molecule is CC(Sc1nc2ccccc2c(=O)n1C1CC1)C(N)=O. The number of carbonyl (C=O) groups is 1. The third-order valence-electron chi connectivity index (χ3n) is 3.37. The minimum Gasteiger partial charge on any atom is -0.369 e. The van der Waals surface area contributed by atoms with Gasteiger partial charge >= 0.3 is 0 Å². The van der Waals surface area contributed by atoms with Gasteiger partial charge in [-0.05, 0) is 31.9 Å². The van der Waals surface area contributed by atoms with E-state index in [1.54, 1.807) is 17.6 Å². The maximum absolute atomic E-state index is 12.6. The number of fused-ring (bicyclic) bond motifs is 1. The van der Waals surface area contributed by atoms with E-state index in [0.29, 0.717) is 16.1 Å². The van der Waals surface area contributed by atoms with Crippen LogP contribution in [0.4, 0.5) is 0 Å². The molecule has 1 saturated carbocycles. The molecule has 1 atom stereocenters. The molecule has 1 aliphatic carbocycles. The Balaban J connectivity index is 2.16. The highest BCUT2D eigenvalue weighted by atomic mass is 32.2. The highest BCUT2D eigenvalue weighted by Gasteiger charge is 2.29. The Morgan fingerprint density at radius 3 is 2.80 bits per heavy atom. The average molecular weight is 289 g/mol. The molecule has 2 N–H and O–H groups in total. The van der Waals surface area contributed by atoms with Crippen LogP contribution in [-0.4, -0.2) is 20.7 Å². The number of rotatable bonds is 4. The molecule has 20 heavy (non-hydrogen) atoms. The lowest BCUT2D eigenvalue weighted by atomic mass is 10.2. The fraction of sp³-hybridized carbons (Fsp3) is 0.357. The van der Waals surface area contributed by atoms with Gasteiger partial charge in [0.1, 0.15) is 0 Å². The van der Waals surface area contributed by atoms with Crippen LogP contribution in [0.15, 0.2) is 34.2 Å². The Hall–Kier alpha value is -1.82. The molecule has 0 radical (unpaired) electrons. The highest BCUT2D eigenvalue weighted by Crippen LogP contribution is 2.37. The normalized spacial score (nSPS) is 16.2. The van der Waals surface area contributed by atoms with E-state index in [4.69, 9.17) is 5.73 Å². The molecule has 1 heterocycles. The fourth-order valence-corrected chi connectivity index (χ4v) is 3.01. The Kier molecular flexibility index (Phi) is 3.25. The number of para-hydroxylation sites is 1. The van der Waals surface area contributed by atoms with Crippen LogP contribution in [0.5, 0.6) is 0 Å². The third-order valence-corrected chi connectivity index (χ3v) is 4.45. The summed E-state index contributed by atoms with van der Waals surface area (Å²) in [7, 11) is 0. The average Bonchev–Trinajstić information content (AvgIpc) is 3.23. The zero-order valence-electron chi connectivity index (χ0n) is 11.1. The molecule has 1 fully saturated rings. The van der Waals surface area contributed by atoms with Gasteiger partial charge in [0.2, 0.25) is 5.91 Å². The van der Waals surface area contributed by atoms with Crippen LogP contribution in [0.1, 0.15) is 25.8 Å². The van der Waals surface area contributed by atoms with Crippen LogP contribution in [0.25, 0.3) is 10.9 Å². The quantitative estimate of drug-likeness (QED) is 0.686. The maximum atomic E-state index is 12.6. The Labute approximate surface area is 120 Å². The van der Waals surface area contributed by atoms with E-state index in [1.807, 2.05) is 18.2 Å².